The molecule has 0 unspecified atom stereocenters. The summed E-state index contributed by atoms with van der Waals surface area (Å²) in [5.41, 5.74) is 7.64. The number of nitrogens with one attached hydrogen (secondary N) is 1. The molecule has 0 fully saturated rings. The van der Waals surface area contributed by atoms with Crippen LogP contribution in [0.4, 0.5) is 21.9 Å². The van der Waals surface area contributed by atoms with Gasteiger partial charge in [-0.25, -0.2) is 4.79 Å². The van der Waals surface area contributed by atoms with Crippen LogP contribution in [0, 0.1) is 0 Å². The summed E-state index contributed by atoms with van der Waals surface area (Å²) in [6.45, 7) is 0. The van der Waals surface area contributed by atoms with Crippen molar-refractivity contribution in [2.24, 2.45) is 0 Å². The number of urea groups is 1. The summed E-state index contributed by atoms with van der Waals surface area (Å²) in [5, 5.41) is 2.76. The Morgan fingerprint density at radius 2 is 2.17 bits per heavy atom. The number of hydrogen-bond acceptors (Lipinski definition) is 3. The van der Waals surface area contributed by atoms with E-state index in [1.165, 1.54) is 4.90 Å². The highest BCUT2D eigenvalue weighted by atomic mass is 16.2. The van der Waals surface area contributed by atoms with Crippen molar-refractivity contribution >= 4 is 23.1 Å². The first-order valence-corrected chi connectivity index (χ1v) is 5.47. The molecule has 1 aromatic carbocycles. The van der Waals surface area contributed by atoms with E-state index in [9.17, 15) is 4.79 Å². The van der Waals surface area contributed by atoms with E-state index in [0.29, 0.717) is 11.4 Å². The molecule has 0 saturated heterocycles. The fourth-order valence-corrected chi connectivity index (χ4v) is 1.49. The third-order valence-electron chi connectivity index (χ3n) is 2.48. The van der Waals surface area contributed by atoms with Crippen LogP contribution in [0.1, 0.15) is 0 Å². The van der Waals surface area contributed by atoms with Crippen molar-refractivity contribution in [2.45, 2.75) is 0 Å². The van der Waals surface area contributed by atoms with Crippen molar-refractivity contribution in [1.82, 2.24) is 4.98 Å². The first-order chi connectivity index (χ1) is 8.66. The zero-order chi connectivity index (χ0) is 13.0. The molecule has 2 rings (SSSR count). The quantitative estimate of drug-likeness (QED) is 0.794. The summed E-state index contributed by atoms with van der Waals surface area (Å²) in [6, 6.07) is 10.4. The van der Waals surface area contributed by atoms with Crippen molar-refractivity contribution in [3.05, 3.63) is 48.8 Å². The fraction of sp³-hybridized carbons (Fsp3) is 0.0769. The Bertz CT molecular complexity index is 542. The van der Waals surface area contributed by atoms with Crippen molar-refractivity contribution in [2.75, 3.05) is 23.0 Å². The maximum Gasteiger partial charge on any atom is 0.326 e. The number of aromatic nitrogens is 1. The first-order valence-electron chi connectivity index (χ1n) is 5.47. The van der Waals surface area contributed by atoms with Gasteiger partial charge in [-0.3, -0.25) is 9.88 Å². The Kier molecular flexibility index (Phi) is 3.43. The molecule has 0 atom stereocenters. The summed E-state index contributed by atoms with van der Waals surface area (Å²) in [5.74, 6) is 0. The van der Waals surface area contributed by atoms with Gasteiger partial charge in [0.25, 0.3) is 0 Å². The molecule has 1 heterocycles. The Balaban J connectivity index is 2.09. The number of amides is 2. The second kappa shape index (κ2) is 5.18. The Hall–Kier alpha value is -2.56. The zero-order valence-corrected chi connectivity index (χ0v) is 10.00. The summed E-state index contributed by atoms with van der Waals surface area (Å²) in [6.07, 6.45) is 3.28. The Morgan fingerprint density at radius 1 is 1.33 bits per heavy atom. The van der Waals surface area contributed by atoms with E-state index in [1.54, 1.807) is 49.8 Å². The van der Waals surface area contributed by atoms with Crippen LogP contribution < -0.4 is 16.0 Å². The molecule has 0 aliphatic rings. The number of carbonyl (C=O) groups is 1. The van der Waals surface area contributed by atoms with Gasteiger partial charge in [0.05, 0.1) is 11.9 Å². The number of anilines is 3. The lowest BCUT2D eigenvalue weighted by molar-refractivity contribution is 0.258. The average molecular weight is 242 g/mol. The molecule has 92 valence electrons. The molecule has 18 heavy (non-hydrogen) atoms. The molecule has 0 radical (unpaired) electrons. The molecule has 5 heteroatoms. The van der Waals surface area contributed by atoms with Crippen LogP contribution in [0.3, 0.4) is 0 Å². The number of carbonyl (C=O) groups excluding carboxylic acids is 1. The average Bonchev–Trinajstić information content (AvgIpc) is 2.39. The number of nitrogens with zero attached hydrogens (tertiary/aromatic N) is 2. The summed E-state index contributed by atoms with van der Waals surface area (Å²) in [7, 11) is 1.68. The number of hydrogen-bond donors (Lipinski definition) is 2. The minimum Gasteiger partial charge on any atom is -0.399 e. The van der Waals surface area contributed by atoms with Gasteiger partial charge in [-0.15, -0.1) is 0 Å². The summed E-state index contributed by atoms with van der Waals surface area (Å²) >= 11 is 0. The molecule has 0 aliphatic carbocycles. The highest BCUT2D eigenvalue weighted by Gasteiger charge is 2.10. The van der Waals surface area contributed by atoms with Crippen molar-refractivity contribution in [3.8, 4) is 0 Å². The van der Waals surface area contributed by atoms with Gasteiger partial charge in [-0.05, 0) is 30.3 Å². The third kappa shape index (κ3) is 2.76. The number of nitrogens with two attached hydrogens (primary N) is 1. The SMILES string of the molecule is CN(C(=O)Nc1cccc(N)c1)c1cccnc1. The minimum atomic E-state index is -0.242. The van der Waals surface area contributed by atoms with Crippen LogP contribution in [-0.2, 0) is 0 Å². The third-order valence-corrected chi connectivity index (χ3v) is 2.48. The first kappa shape index (κ1) is 11.9. The van der Waals surface area contributed by atoms with E-state index in [-0.39, 0.29) is 6.03 Å². The lowest BCUT2D eigenvalue weighted by atomic mass is 10.3. The standard InChI is InChI=1S/C13H14N4O/c1-17(12-6-3-7-15-9-12)13(18)16-11-5-2-4-10(14)8-11/h2-9H,14H2,1H3,(H,16,18). The van der Waals surface area contributed by atoms with Crippen molar-refractivity contribution < 1.29 is 4.79 Å². The lowest BCUT2D eigenvalue weighted by Gasteiger charge is -2.17. The van der Waals surface area contributed by atoms with Crippen LogP contribution in [0.15, 0.2) is 48.8 Å². The van der Waals surface area contributed by atoms with E-state index in [1.807, 2.05) is 6.07 Å². The molecular weight excluding hydrogens is 228 g/mol. The maximum absolute atomic E-state index is 12.0. The molecule has 2 amide bonds. The molecule has 3 N–H and O–H groups in total. The molecule has 0 saturated carbocycles. The number of rotatable bonds is 2. The monoisotopic (exact) mass is 242 g/mol. The number of pyridine rings is 1. The molecule has 5 nitrogen and oxygen atoms in total. The van der Waals surface area contributed by atoms with Crippen molar-refractivity contribution in [1.29, 1.82) is 0 Å². The van der Waals surface area contributed by atoms with Gasteiger partial charge in [-0.2, -0.15) is 0 Å². The second-order valence-corrected chi connectivity index (χ2v) is 3.83. The molecule has 0 aliphatic heterocycles. The van der Waals surface area contributed by atoms with Gasteiger partial charge < -0.3 is 11.1 Å². The Morgan fingerprint density at radius 3 is 2.83 bits per heavy atom. The molecule has 1 aromatic heterocycles. The van der Waals surface area contributed by atoms with Crippen LogP contribution in [-0.4, -0.2) is 18.1 Å². The van der Waals surface area contributed by atoms with Crippen molar-refractivity contribution in [3.63, 3.8) is 0 Å². The van der Waals surface area contributed by atoms with Gasteiger partial charge in [-0.1, -0.05) is 6.07 Å². The second-order valence-electron chi connectivity index (χ2n) is 3.83. The Labute approximate surface area is 105 Å². The van der Waals surface area contributed by atoms with Gasteiger partial charge >= 0.3 is 6.03 Å². The van der Waals surface area contributed by atoms with E-state index in [4.69, 9.17) is 5.73 Å². The minimum absolute atomic E-state index is 0.242. The van der Waals surface area contributed by atoms with E-state index in [0.717, 1.165) is 5.69 Å². The highest BCUT2D eigenvalue weighted by molar-refractivity contribution is 6.01. The zero-order valence-electron chi connectivity index (χ0n) is 10.00. The smallest absolute Gasteiger partial charge is 0.326 e. The molecule has 0 bridgehead atoms. The van der Waals surface area contributed by atoms with Gasteiger partial charge in [0.2, 0.25) is 0 Å². The highest BCUT2D eigenvalue weighted by Crippen LogP contribution is 2.15. The van der Waals surface area contributed by atoms with Gasteiger partial charge in [0.1, 0.15) is 0 Å². The fourth-order valence-electron chi connectivity index (χ4n) is 1.49. The predicted molar refractivity (Wildman–Crippen MR) is 72.5 cm³/mol. The molecule has 2 aromatic rings. The maximum atomic E-state index is 12.0. The normalized spacial score (nSPS) is 9.83. The summed E-state index contributed by atoms with van der Waals surface area (Å²) < 4.78 is 0. The lowest BCUT2D eigenvalue weighted by Crippen LogP contribution is -2.31. The van der Waals surface area contributed by atoms with Crippen LogP contribution >= 0.6 is 0 Å². The molecule has 0 spiro atoms. The van der Waals surface area contributed by atoms with Gasteiger partial charge in [0, 0.05) is 24.6 Å². The topological polar surface area (TPSA) is 71.2 Å². The molecular formula is C13H14N4O. The van der Waals surface area contributed by atoms with Crippen LogP contribution in [0.25, 0.3) is 0 Å². The predicted octanol–water partition coefficient (Wildman–Crippen LogP) is 2.33. The van der Waals surface area contributed by atoms with E-state index >= 15 is 0 Å². The van der Waals surface area contributed by atoms with E-state index in [2.05, 4.69) is 10.3 Å². The largest absolute Gasteiger partial charge is 0.399 e. The van der Waals surface area contributed by atoms with Crippen LogP contribution in [0.5, 0.6) is 0 Å². The van der Waals surface area contributed by atoms with E-state index < -0.39 is 0 Å². The summed E-state index contributed by atoms with van der Waals surface area (Å²) in [4.78, 5) is 17.4. The number of benzene rings is 1. The number of nitrogen functional groups attached to an aromatic ring is 1. The van der Waals surface area contributed by atoms with Crippen LogP contribution in [0.2, 0.25) is 0 Å². The van der Waals surface area contributed by atoms with Gasteiger partial charge in [0.15, 0.2) is 0 Å².